The third-order valence-corrected chi connectivity index (χ3v) is 2.54. The van der Waals surface area contributed by atoms with Gasteiger partial charge in [-0.25, -0.2) is 13.2 Å². The Balaban J connectivity index is 4.18. The summed E-state index contributed by atoms with van der Waals surface area (Å²) in [6, 6.07) is 0. The van der Waals surface area contributed by atoms with Crippen LogP contribution in [0, 0.1) is 0 Å². The van der Waals surface area contributed by atoms with Gasteiger partial charge in [0.1, 0.15) is 10.7 Å². The van der Waals surface area contributed by atoms with Crippen molar-refractivity contribution < 1.29 is 18.3 Å². The number of carboxylic acids is 1. The van der Waals surface area contributed by atoms with Gasteiger partial charge in [-0.3, -0.25) is 0 Å². The largest absolute Gasteiger partial charge is 0.478 e. The molecular weight excluding hydrogens is 180 g/mol. The summed E-state index contributed by atoms with van der Waals surface area (Å²) < 4.78 is 20.2. The minimum atomic E-state index is -2.52. The molecule has 0 spiro atoms. The molecule has 0 bridgehead atoms. The summed E-state index contributed by atoms with van der Waals surface area (Å²) in [4.78, 5) is 10.0. The van der Waals surface area contributed by atoms with Crippen molar-refractivity contribution in [3.63, 3.8) is 0 Å². The van der Waals surface area contributed by atoms with E-state index in [2.05, 4.69) is 0 Å². The average molecular weight is 192 g/mol. The van der Waals surface area contributed by atoms with Crippen LogP contribution in [0.2, 0.25) is 0 Å². The Hall–Kier alpha value is -0.840. The first kappa shape index (κ1) is 11.2. The third-order valence-electron chi connectivity index (χ3n) is 1.37. The highest BCUT2D eigenvalue weighted by Crippen LogP contribution is 2.13. The fourth-order valence-electron chi connectivity index (χ4n) is 0.523. The van der Waals surface area contributed by atoms with Gasteiger partial charge in [0, 0.05) is 6.08 Å². The maximum absolute atomic E-state index is 10.6. The van der Waals surface area contributed by atoms with Gasteiger partial charge in [0.2, 0.25) is 0 Å². The van der Waals surface area contributed by atoms with Crippen molar-refractivity contribution in [3.8, 4) is 0 Å². The molecule has 0 fully saturated rings. The van der Waals surface area contributed by atoms with Crippen LogP contribution < -0.4 is 0 Å². The second kappa shape index (κ2) is 4.25. The maximum atomic E-state index is 10.6. The van der Waals surface area contributed by atoms with Crippen LogP contribution in [0.4, 0.5) is 0 Å². The third kappa shape index (κ3) is 4.12. The Labute approximate surface area is 72.9 Å². The Kier molecular flexibility index (Phi) is 3.95. The monoisotopic (exact) mass is 192 g/mol. The molecule has 0 aromatic rings. The van der Waals surface area contributed by atoms with Crippen LogP contribution in [0.25, 0.3) is 0 Å². The zero-order valence-electron chi connectivity index (χ0n) is 6.98. The minimum Gasteiger partial charge on any atom is -0.478 e. The number of allylic oxidation sites excluding steroid dienone is 1. The van der Waals surface area contributed by atoms with Crippen molar-refractivity contribution in [1.82, 2.24) is 0 Å². The lowest BCUT2D eigenvalue weighted by Gasteiger charge is -2.12. The van der Waals surface area contributed by atoms with E-state index >= 15 is 0 Å². The Morgan fingerprint density at radius 3 is 2.33 bits per heavy atom. The molecule has 5 heteroatoms. The Morgan fingerprint density at radius 1 is 1.50 bits per heavy atom. The first-order valence-electron chi connectivity index (χ1n) is 3.40. The quantitative estimate of drug-likeness (QED) is 0.500. The van der Waals surface area contributed by atoms with Gasteiger partial charge < -0.3 is 5.11 Å². The maximum Gasteiger partial charge on any atom is 0.327 e. The number of hydrogen-bond acceptors (Lipinski definition) is 3. The second-order valence-electron chi connectivity index (χ2n) is 3.01. The number of aliphatic carboxylic acids is 1. The van der Waals surface area contributed by atoms with Crippen molar-refractivity contribution in [2.24, 2.45) is 0 Å². The molecule has 1 N–H and O–H groups in total. The Bertz CT molecular complexity index is 255. The number of rotatable bonds is 4. The molecule has 12 heavy (non-hydrogen) atoms. The van der Waals surface area contributed by atoms with E-state index in [1.165, 1.54) is 6.08 Å². The van der Waals surface area contributed by atoms with Crippen molar-refractivity contribution in [1.29, 1.82) is 0 Å². The molecule has 0 saturated carbocycles. The Morgan fingerprint density at radius 2 is 2.00 bits per heavy atom. The smallest absolute Gasteiger partial charge is 0.327 e. The summed E-state index contributed by atoms with van der Waals surface area (Å²) in [6.07, 6.45) is 2.51. The van der Waals surface area contributed by atoms with Gasteiger partial charge in [-0.15, -0.1) is 0 Å². The van der Waals surface area contributed by atoms with Crippen LogP contribution in [0.5, 0.6) is 0 Å². The van der Waals surface area contributed by atoms with E-state index in [0.717, 1.165) is 6.08 Å². The molecule has 0 unspecified atom stereocenters. The second-order valence-corrected chi connectivity index (χ2v) is 4.74. The summed E-state index contributed by atoms with van der Waals surface area (Å²) in [6.45, 7) is 3.09. The molecule has 0 radical (unpaired) electrons. The molecule has 4 nitrogen and oxygen atoms in total. The molecule has 0 aromatic carbocycles. The summed E-state index contributed by atoms with van der Waals surface area (Å²) >= 11 is 0. The molecule has 70 valence electrons. The van der Waals surface area contributed by atoms with E-state index in [-0.39, 0.29) is 6.42 Å². The molecule has 0 aliphatic heterocycles. The number of carbonyl (C=O) groups is 1. The van der Waals surface area contributed by atoms with Crippen LogP contribution in [0.1, 0.15) is 20.3 Å². The zero-order valence-corrected chi connectivity index (χ0v) is 7.88. The van der Waals surface area contributed by atoms with Crippen LogP contribution in [-0.4, -0.2) is 24.2 Å². The van der Waals surface area contributed by atoms with Gasteiger partial charge in [0.25, 0.3) is 0 Å². The molecule has 0 atom stereocenters. The van der Waals surface area contributed by atoms with Crippen molar-refractivity contribution in [3.05, 3.63) is 12.2 Å². The molecule has 0 saturated heterocycles. The number of thiol groups is 1. The van der Waals surface area contributed by atoms with Crippen LogP contribution in [0.15, 0.2) is 12.2 Å². The standard InChI is InChI=1S/C7H12O4S/c1-7(2,12(10)11)5-3-4-6(8)9/h3-4,12H,5H2,1-2H3,(H,8,9). The molecule has 0 aliphatic carbocycles. The SMILES string of the molecule is CC(C)(CC=CC(=O)O)[SH](=O)=O. The first-order chi connectivity index (χ1) is 5.36. The number of hydrogen-bond donors (Lipinski definition) is 2. The summed E-state index contributed by atoms with van der Waals surface area (Å²) in [5, 5.41) is 8.21. The summed E-state index contributed by atoms with van der Waals surface area (Å²) in [5.41, 5.74) is 0. The van der Waals surface area contributed by atoms with Crippen molar-refractivity contribution in [2.75, 3.05) is 0 Å². The highest BCUT2D eigenvalue weighted by atomic mass is 32.2. The topological polar surface area (TPSA) is 71.4 Å². The van der Waals surface area contributed by atoms with Gasteiger partial charge in [-0.1, -0.05) is 6.08 Å². The molecule has 0 aromatic heterocycles. The lowest BCUT2D eigenvalue weighted by molar-refractivity contribution is -0.131. The van der Waals surface area contributed by atoms with Crippen LogP contribution in [-0.2, 0) is 15.5 Å². The lowest BCUT2D eigenvalue weighted by atomic mass is 10.1. The van der Waals surface area contributed by atoms with E-state index in [1.807, 2.05) is 0 Å². The van der Waals surface area contributed by atoms with Gasteiger partial charge in [-0.2, -0.15) is 0 Å². The molecule has 0 aliphatic rings. The molecule has 0 amide bonds. The van der Waals surface area contributed by atoms with Gasteiger partial charge in [0.05, 0.1) is 4.75 Å². The van der Waals surface area contributed by atoms with Crippen molar-refractivity contribution in [2.45, 2.75) is 25.0 Å². The van der Waals surface area contributed by atoms with E-state index in [9.17, 15) is 13.2 Å². The van der Waals surface area contributed by atoms with Gasteiger partial charge >= 0.3 is 5.97 Å². The van der Waals surface area contributed by atoms with Crippen molar-refractivity contribution >= 4 is 16.7 Å². The van der Waals surface area contributed by atoms with E-state index in [4.69, 9.17) is 5.11 Å². The highest BCUT2D eigenvalue weighted by molar-refractivity contribution is 7.74. The number of carboxylic acid groups (broad SMARTS) is 1. The van der Waals surface area contributed by atoms with Gasteiger partial charge in [-0.05, 0) is 20.3 Å². The van der Waals surface area contributed by atoms with Crippen LogP contribution in [0.3, 0.4) is 0 Å². The fraction of sp³-hybridized carbons (Fsp3) is 0.571. The summed E-state index contributed by atoms with van der Waals surface area (Å²) in [7, 11) is -2.52. The zero-order chi connectivity index (χ0) is 9.78. The van der Waals surface area contributed by atoms with E-state index in [1.54, 1.807) is 13.8 Å². The molecule has 0 heterocycles. The lowest BCUT2D eigenvalue weighted by Crippen LogP contribution is -2.20. The summed E-state index contributed by atoms with van der Waals surface area (Å²) in [5.74, 6) is -1.06. The fourth-order valence-corrected chi connectivity index (χ4v) is 0.777. The van der Waals surface area contributed by atoms with E-state index < -0.39 is 21.4 Å². The molecule has 0 rings (SSSR count). The highest BCUT2D eigenvalue weighted by Gasteiger charge is 2.19. The molecular formula is C7H12O4S. The van der Waals surface area contributed by atoms with Gasteiger partial charge in [0.15, 0.2) is 0 Å². The first-order valence-corrected chi connectivity index (χ1v) is 4.58. The van der Waals surface area contributed by atoms with E-state index in [0.29, 0.717) is 0 Å². The average Bonchev–Trinajstić information content (AvgIpc) is 1.85. The minimum absolute atomic E-state index is 0.220. The predicted octanol–water partition coefficient (Wildman–Crippen LogP) is 0.407. The van der Waals surface area contributed by atoms with Crippen LogP contribution >= 0.6 is 0 Å². The normalized spacial score (nSPS) is 12.6. The predicted molar refractivity (Wildman–Crippen MR) is 45.8 cm³/mol.